The Kier molecular flexibility index (Phi) is 6.63. The molecule has 4 nitrogen and oxygen atoms in total. The van der Waals surface area contributed by atoms with Crippen LogP contribution in [-0.2, 0) is 11.2 Å². The molecule has 0 aromatic heterocycles. The predicted molar refractivity (Wildman–Crippen MR) is 142 cm³/mol. The van der Waals surface area contributed by atoms with E-state index in [1.165, 1.54) is 29.2 Å². The Morgan fingerprint density at radius 3 is 2.20 bits per heavy atom. The van der Waals surface area contributed by atoms with E-state index in [-0.39, 0.29) is 5.54 Å². The van der Waals surface area contributed by atoms with Gasteiger partial charge >= 0.3 is 5.97 Å². The molecule has 0 heterocycles. The van der Waals surface area contributed by atoms with Gasteiger partial charge < -0.3 is 15.2 Å². The topological polar surface area (TPSA) is 58.6 Å². The van der Waals surface area contributed by atoms with Crippen molar-refractivity contribution in [3.05, 3.63) is 42.0 Å². The molecule has 0 aliphatic heterocycles. The number of carbonyl (C=O) groups is 1. The molecule has 35 heavy (non-hydrogen) atoms. The molecule has 4 saturated carbocycles. The van der Waals surface area contributed by atoms with Crippen molar-refractivity contribution in [2.75, 3.05) is 6.54 Å². The molecule has 0 unspecified atom stereocenters. The monoisotopic (exact) mass is 477 g/mol. The third kappa shape index (κ3) is 5.23. The van der Waals surface area contributed by atoms with E-state index < -0.39 is 11.4 Å². The molecule has 0 radical (unpaired) electrons. The molecular weight excluding hydrogens is 434 g/mol. The smallest absolute Gasteiger partial charge is 0.309 e. The maximum absolute atomic E-state index is 11.7. The van der Waals surface area contributed by atoms with Gasteiger partial charge in [-0.25, -0.2) is 0 Å². The van der Waals surface area contributed by atoms with Crippen molar-refractivity contribution in [1.29, 1.82) is 0 Å². The summed E-state index contributed by atoms with van der Waals surface area (Å²) in [5.74, 6) is 1.22. The summed E-state index contributed by atoms with van der Waals surface area (Å²) in [7, 11) is 0. The van der Waals surface area contributed by atoms with Crippen LogP contribution in [0.15, 0.2) is 36.4 Å². The fraction of sp³-hybridized carbons (Fsp3) is 0.645. The molecule has 0 amide bonds. The molecule has 0 saturated heterocycles. The van der Waals surface area contributed by atoms with Crippen LogP contribution in [0.1, 0.15) is 90.5 Å². The van der Waals surface area contributed by atoms with Gasteiger partial charge in [-0.15, -0.1) is 0 Å². The minimum atomic E-state index is -0.580. The van der Waals surface area contributed by atoms with Crippen molar-refractivity contribution in [3.63, 3.8) is 0 Å². The lowest BCUT2D eigenvalue weighted by Crippen LogP contribution is -2.57. The summed E-state index contributed by atoms with van der Waals surface area (Å²) in [6.45, 7) is 8.04. The fourth-order valence-corrected chi connectivity index (χ4v) is 6.98. The average molecular weight is 478 g/mol. The SMILES string of the molecule is CC(C)(C)C1CCC(Oc2ccc3cc(CCNC45CCC(C(=O)O)(CC4)CC5)ccc3c2)CC1. The highest BCUT2D eigenvalue weighted by Crippen LogP contribution is 2.52. The highest BCUT2D eigenvalue weighted by molar-refractivity contribution is 5.84. The van der Waals surface area contributed by atoms with E-state index >= 15 is 0 Å². The van der Waals surface area contributed by atoms with Crippen LogP contribution in [0.2, 0.25) is 0 Å². The molecular formula is C31H43NO3. The third-order valence-electron chi connectivity index (χ3n) is 9.69. The summed E-state index contributed by atoms with van der Waals surface area (Å²) >= 11 is 0. The zero-order valence-electron chi connectivity index (χ0n) is 21.9. The lowest BCUT2D eigenvalue weighted by atomic mass is 9.57. The van der Waals surface area contributed by atoms with Gasteiger partial charge in [-0.1, -0.05) is 45.0 Å². The van der Waals surface area contributed by atoms with E-state index in [0.717, 1.165) is 76.0 Å². The number of carboxylic acids is 1. The normalized spacial score (nSPS) is 30.9. The van der Waals surface area contributed by atoms with Gasteiger partial charge in [0, 0.05) is 5.54 Å². The van der Waals surface area contributed by atoms with Gasteiger partial charge in [0.2, 0.25) is 0 Å². The lowest BCUT2D eigenvalue weighted by Gasteiger charge is -2.51. The first-order valence-corrected chi connectivity index (χ1v) is 13.8. The molecule has 4 heteroatoms. The third-order valence-corrected chi connectivity index (χ3v) is 9.69. The highest BCUT2D eigenvalue weighted by Gasteiger charge is 2.52. The largest absolute Gasteiger partial charge is 0.490 e. The van der Waals surface area contributed by atoms with Crippen LogP contribution in [0, 0.1) is 16.7 Å². The Morgan fingerprint density at radius 1 is 0.943 bits per heavy atom. The van der Waals surface area contributed by atoms with Gasteiger partial charge in [0.1, 0.15) is 5.75 Å². The summed E-state index contributed by atoms with van der Waals surface area (Å²) in [5, 5.41) is 16.0. The minimum Gasteiger partial charge on any atom is -0.490 e. The van der Waals surface area contributed by atoms with E-state index in [1.54, 1.807) is 0 Å². The highest BCUT2D eigenvalue weighted by atomic mass is 16.5. The van der Waals surface area contributed by atoms with Gasteiger partial charge in [0.15, 0.2) is 0 Å². The molecule has 0 atom stereocenters. The molecule has 2 bridgehead atoms. The van der Waals surface area contributed by atoms with Crippen LogP contribution in [0.3, 0.4) is 0 Å². The van der Waals surface area contributed by atoms with Crippen LogP contribution in [0.4, 0.5) is 0 Å². The quantitative estimate of drug-likeness (QED) is 0.445. The molecule has 4 fully saturated rings. The average Bonchev–Trinajstić information content (AvgIpc) is 2.85. The number of fused-ring (bicyclic) bond motifs is 4. The zero-order valence-corrected chi connectivity index (χ0v) is 21.9. The number of hydrogen-bond acceptors (Lipinski definition) is 3. The van der Waals surface area contributed by atoms with Crippen LogP contribution in [-0.4, -0.2) is 29.3 Å². The summed E-state index contributed by atoms with van der Waals surface area (Å²) in [5.41, 5.74) is 1.48. The number of ether oxygens (including phenoxy) is 1. The maximum atomic E-state index is 11.7. The molecule has 4 aliphatic rings. The second-order valence-corrected chi connectivity index (χ2v) is 12.8. The summed E-state index contributed by atoms with van der Waals surface area (Å²) in [6, 6.07) is 13.3. The van der Waals surface area contributed by atoms with Crippen LogP contribution in [0.5, 0.6) is 5.75 Å². The number of carboxylic acid groups (broad SMARTS) is 1. The Labute approximate surface area is 210 Å². The Morgan fingerprint density at radius 2 is 1.57 bits per heavy atom. The molecule has 6 rings (SSSR count). The summed E-state index contributed by atoms with van der Waals surface area (Å²) in [6.07, 6.45) is 11.7. The molecule has 2 aromatic rings. The van der Waals surface area contributed by atoms with Gasteiger partial charge in [-0.2, -0.15) is 0 Å². The first-order chi connectivity index (χ1) is 16.7. The van der Waals surface area contributed by atoms with Crippen molar-refractivity contribution < 1.29 is 14.6 Å². The van der Waals surface area contributed by atoms with E-state index in [9.17, 15) is 9.90 Å². The van der Waals surface area contributed by atoms with Gasteiger partial charge in [0.05, 0.1) is 11.5 Å². The molecule has 2 aromatic carbocycles. The van der Waals surface area contributed by atoms with E-state index in [4.69, 9.17) is 4.74 Å². The number of hydrogen-bond donors (Lipinski definition) is 2. The maximum Gasteiger partial charge on any atom is 0.309 e. The Bertz CT molecular complexity index is 1040. The fourth-order valence-electron chi connectivity index (χ4n) is 6.98. The van der Waals surface area contributed by atoms with Gasteiger partial charge in [-0.3, -0.25) is 4.79 Å². The predicted octanol–water partition coefficient (Wildman–Crippen LogP) is 7.13. The van der Waals surface area contributed by atoms with E-state index in [1.807, 2.05) is 0 Å². The first kappa shape index (κ1) is 24.6. The van der Waals surface area contributed by atoms with Crippen LogP contribution < -0.4 is 10.1 Å². The van der Waals surface area contributed by atoms with Crippen molar-refractivity contribution in [1.82, 2.24) is 5.32 Å². The lowest BCUT2D eigenvalue weighted by molar-refractivity contribution is -0.156. The zero-order chi connectivity index (χ0) is 24.7. The van der Waals surface area contributed by atoms with Gasteiger partial charge in [0.25, 0.3) is 0 Å². The van der Waals surface area contributed by atoms with Crippen molar-refractivity contribution in [2.24, 2.45) is 16.7 Å². The van der Waals surface area contributed by atoms with Crippen LogP contribution in [0.25, 0.3) is 10.8 Å². The Hall–Kier alpha value is -2.07. The van der Waals surface area contributed by atoms with Crippen molar-refractivity contribution in [2.45, 2.75) is 103 Å². The number of aliphatic carboxylic acids is 1. The number of benzene rings is 2. The summed E-state index contributed by atoms with van der Waals surface area (Å²) in [4.78, 5) is 11.7. The standard InChI is InChI=1S/C31H43NO3/c1-29(2,3)25-7-10-26(11-8-25)35-27-9-6-23-20-22(4-5-24(23)21-27)12-19-32-31-16-13-30(14-17-31,15-18-31)28(33)34/h4-6,9,20-21,25-26,32H,7-8,10-19H2,1-3H3,(H,33,34). The second kappa shape index (κ2) is 9.42. The van der Waals surface area contributed by atoms with Gasteiger partial charge in [-0.05, 0) is 117 Å². The van der Waals surface area contributed by atoms with Crippen molar-refractivity contribution >= 4 is 16.7 Å². The van der Waals surface area contributed by atoms with Crippen molar-refractivity contribution in [3.8, 4) is 5.75 Å². The van der Waals surface area contributed by atoms with Crippen LogP contribution >= 0.6 is 0 Å². The number of rotatable bonds is 7. The number of nitrogens with one attached hydrogen (secondary N) is 1. The second-order valence-electron chi connectivity index (χ2n) is 12.8. The molecule has 190 valence electrons. The molecule has 2 N–H and O–H groups in total. The molecule has 4 aliphatic carbocycles. The summed E-state index contributed by atoms with van der Waals surface area (Å²) < 4.78 is 6.39. The Balaban J connectivity index is 1.13. The minimum absolute atomic E-state index is 0.159. The van der Waals surface area contributed by atoms with E-state index in [0.29, 0.717) is 11.5 Å². The first-order valence-electron chi connectivity index (χ1n) is 13.8. The molecule has 0 spiro atoms. The van der Waals surface area contributed by atoms with E-state index in [2.05, 4.69) is 62.5 Å².